The van der Waals surface area contributed by atoms with Gasteiger partial charge in [0.15, 0.2) is 0 Å². The zero-order chi connectivity index (χ0) is 15.4. The van der Waals surface area contributed by atoms with Crippen molar-refractivity contribution in [2.24, 2.45) is 0 Å². The lowest BCUT2D eigenvalue weighted by Crippen LogP contribution is -2.42. The second-order valence-corrected chi connectivity index (χ2v) is 6.88. The minimum atomic E-state index is -0.143. The first-order valence-electron chi connectivity index (χ1n) is 7.77. The zero-order valence-electron chi connectivity index (χ0n) is 12.5. The van der Waals surface area contributed by atoms with E-state index < -0.39 is 0 Å². The molecule has 1 fully saturated rings. The van der Waals surface area contributed by atoms with Gasteiger partial charge in [0.2, 0.25) is 6.41 Å². The van der Waals surface area contributed by atoms with Crippen LogP contribution in [-0.4, -0.2) is 11.3 Å². The van der Waals surface area contributed by atoms with E-state index in [1.807, 2.05) is 23.1 Å². The van der Waals surface area contributed by atoms with Gasteiger partial charge < -0.3 is 4.90 Å². The van der Waals surface area contributed by atoms with Gasteiger partial charge >= 0.3 is 0 Å². The van der Waals surface area contributed by atoms with Crippen LogP contribution in [0.15, 0.2) is 59.1 Å². The maximum Gasteiger partial charge on any atom is 0.210 e. The van der Waals surface area contributed by atoms with Gasteiger partial charge in [-0.05, 0) is 36.1 Å². The van der Waals surface area contributed by atoms with Crippen molar-refractivity contribution in [2.45, 2.75) is 37.8 Å². The van der Waals surface area contributed by atoms with E-state index in [1.54, 1.807) is 0 Å². The molecule has 0 heterocycles. The third-order valence-electron chi connectivity index (χ3n) is 4.69. The highest BCUT2D eigenvalue weighted by atomic mass is 79.9. The van der Waals surface area contributed by atoms with Gasteiger partial charge in [0.05, 0.1) is 5.54 Å². The number of benzene rings is 2. The van der Waals surface area contributed by atoms with E-state index in [0.29, 0.717) is 6.54 Å². The lowest BCUT2D eigenvalue weighted by Gasteiger charge is -2.39. The molecule has 0 bridgehead atoms. The molecule has 1 aliphatic rings. The van der Waals surface area contributed by atoms with Gasteiger partial charge in [0.25, 0.3) is 0 Å². The topological polar surface area (TPSA) is 20.3 Å². The molecule has 2 aromatic carbocycles. The van der Waals surface area contributed by atoms with Crippen molar-refractivity contribution in [3.63, 3.8) is 0 Å². The first-order valence-corrected chi connectivity index (χ1v) is 8.56. The van der Waals surface area contributed by atoms with Crippen molar-refractivity contribution >= 4 is 22.3 Å². The van der Waals surface area contributed by atoms with Gasteiger partial charge in [-0.25, -0.2) is 0 Å². The number of carbonyl (C=O) groups excluding carboxylic acids is 1. The van der Waals surface area contributed by atoms with E-state index in [-0.39, 0.29) is 5.54 Å². The average Bonchev–Trinajstić information content (AvgIpc) is 3.06. The van der Waals surface area contributed by atoms with Crippen molar-refractivity contribution in [3.8, 4) is 0 Å². The summed E-state index contributed by atoms with van der Waals surface area (Å²) in [5.74, 6) is 0. The Hall–Kier alpha value is -1.61. The second-order valence-electron chi connectivity index (χ2n) is 5.96. The molecule has 2 nitrogen and oxygen atoms in total. The Morgan fingerprint density at radius 3 is 2.23 bits per heavy atom. The summed E-state index contributed by atoms with van der Waals surface area (Å²) in [5, 5.41) is 0. The van der Waals surface area contributed by atoms with E-state index in [0.717, 1.165) is 29.3 Å². The number of hydrogen-bond acceptors (Lipinski definition) is 1. The van der Waals surface area contributed by atoms with Gasteiger partial charge in [-0.2, -0.15) is 0 Å². The quantitative estimate of drug-likeness (QED) is 0.698. The molecule has 0 N–H and O–H groups in total. The Morgan fingerprint density at radius 1 is 1.00 bits per heavy atom. The summed E-state index contributed by atoms with van der Waals surface area (Å²) in [6.07, 6.45) is 5.48. The van der Waals surface area contributed by atoms with E-state index in [1.165, 1.54) is 18.4 Å². The molecule has 1 amide bonds. The van der Waals surface area contributed by atoms with E-state index >= 15 is 0 Å². The Bertz CT molecular complexity index is 618. The Balaban J connectivity index is 1.92. The van der Waals surface area contributed by atoms with Crippen molar-refractivity contribution < 1.29 is 4.79 Å². The number of hydrogen-bond donors (Lipinski definition) is 0. The van der Waals surface area contributed by atoms with Crippen LogP contribution in [0.1, 0.15) is 36.8 Å². The molecule has 22 heavy (non-hydrogen) atoms. The molecule has 114 valence electrons. The SMILES string of the molecule is O=CN(Cc1ccc(Br)cc1)C1(c2ccccc2)CCCC1. The van der Waals surface area contributed by atoms with Crippen molar-refractivity contribution in [2.75, 3.05) is 0 Å². The van der Waals surface area contributed by atoms with E-state index in [4.69, 9.17) is 0 Å². The molecule has 0 unspecified atom stereocenters. The number of carbonyl (C=O) groups is 1. The number of nitrogens with zero attached hydrogens (tertiary/aromatic N) is 1. The highest BCUT2D eigenvalue weighted by Gasteiger charge is 2.40. The lowest BCUT2D eigenvalue weighted by molar-refractivity contribution is -0.125. The smallest absolute Gasteiger partial charge is 0.210 e. The summed E-state index contributed by atoms with van der Waals surface area (Å²) in [7, 11) is 0. The Kier molecular flexibility index (Phi) is 4.63. The number of amides is 1. The minimum Gasteiger partial charge on any atom is -0.331 e. The standard InChI is InChI=1S/C19H20BrNO/c20-18-10-8-16(9-11-18)14-21(15-22)19(12-4-5-13-19)17-6-2-1-3-7-17/h1-3,6-11,15H,4-5,12-14H2. The van der Waals surface area contributed by atoms with Crippen molar-refractivity contribution in [1.29, 1.82) is 0 Å². The van der Waals surface area contributed by atoms with Gasteiger partial charge in [-0.15, -0.1) is 0 Å². The molecule has 3 heteroatoms. The molecule has 3 rings (SSSR count). The Labute approximate surface area is 140 Å². The number of rotatable bonds is 5. The monoisotopic (exact) mass is 357 g/mol. The maximum absolute atomic E-state index is 11.9. The molecule has 0 saturated heterocycles. The molecule has 1 saturated carbocycles. The molecule has 0 atom stereocenters. The number of halogens is 1. The molecule has 0 spiro atoms. The second kappa shape index (κ2) is 6.66. The molecular formula is C19H20BrNO. The van der Waals surface area contributed by atoms with Crippen molar-refractivity contribution in [1.82, 2.24) is 4.90 Å². The van der Waals surface area contributed by atoms with Crippen LogP contribution in [0.3, 0.4) is 0 Å². The van der Waals surface area contributed by atoms with Crippen LogP contribution in [-0.2, 0) is 16.9 Å². The van der Waals surface area contributed by atoms with Gasteiger partial charge in [-0.3, -0.25) is 4.79 Å². The van der Waals surface area contributed by atoms with Gasteiger partial charge in [0.1, 0.15) is 0 Å². The zero-order valence-corrected chi connectivity index (χ0v) is 14.1. The largest absolute Gasteiger partial charge is 0.331 e. The molecular weight excluding hydrogens is 338 g/mol. The molecule has 2 aromatic rings. The molecule has 0 radical (unpaired) electrons. The summed E-state index contributed by atoms with van der Waals surface area (Å²) < 4.78 is 1.06. The van der Waals surface area contributed by atoms with Gasteiger partial charge in [0, 0.05) is 11.0 Å². The summed E-state index contributed by atoms with van der Waals surface area (Å²) in [6.45, 7) is 0.658. The highest BCUT2D eigenvalue weighted by Crippen LogP contribution is 2.43. The van der Waals surface area contributed by atoms with Crippen LogP contribution in [0.25, 0.3) is 0 Å². The third-order valence-corrected chi connectivity index (χ3v) is 5.21. The average molecular weight is 358 g/mol. The highest BCUT2D eigenvalue weighted by molar-refractivity contribution is 9.10. The van der Waals surface area contributed by atoms with Crippen molar-refractivity contribution in [3.05, 3.63) is 70.2 Å². The normalized spacial score (nSPS) is 16.4. The fraction of sp³-hybridized carbons (Fsp3) is 0.316. The van der Waals surface area contributed by atoms with E-state index in [9.17, 15) is 4.79 Å². The maximum atomic E-state index is 11.9. The van der Waals surface area contributed by atoms with E-state index in [2.05, 4.69) is 52.3 Å². The summed E-state index contributed by atoms with van der Waals surface area (Å²) in [5.41, 5.74) is 2.28. The fourth-order valence-electron chi connectivity index (χ4n) is 3.53. The summed E-state index contributed by atoms with van der Waals surface area (Å²) in [6, 6.07) is 18.7. The van der Waals surface area contributed by atoms with Gasteiger partial charge in [-0.1, -0.05) is 71.2 Å². The first-order chi connectivity index (χ1) is 10.7. The lowest BCUT2D eigenvalue weighted by atomic mass is 9.86. The predicted octanol–water partition coefficient (Wildman–Crippen LogP) is 4.88. The van der Waals surface area contributed by atoms with Crippen LogP contribution in [0.4, 0.5) is 0 Å². The molecule has 0 aliphatic heterocycles. The Morgan fingerprint density at radius 2 is 1.64 bits per heavy atom. The summed E-state index contributed by atoms with van der Waals surface area (Å²) >= 11 is 3.46. The van der Waals surface area contributed by atoms with Crippen LogP contribution >= 0.6 is 15.9 Å². The predicted molar refractivity (Wildman–Crippen MR) is 92.3 cm³/mol. The van der Waals surface area contributed by atoms with Crippen LogP contribution < -0.4 is 0 Å². The van der Waals surface area contributed by atoms with Crippen LogP contribution in [0.5, 0.6) is 0 Å². The summed E-state index contributed by atoms with van der Waals surface area (Å²) in [4.78, 5) is 13.9. The third kappa shape index (κ3) is 2.95. The van der Waals surface area contributed by atoms with Crippen LogP contribution in [0, 0.1) is 0 Å². The molecule has 0 aromatic heterocycles. The first kappa shape index (κ1) is 15.3. The van der Waals surface area contributed by atoms with Crippen LogP contribution in [0.2, 0.25) is 0 Å². The molecule has 1 aliphatic carbocycles. The fourth-order valence-corrected chi connectivity index (χ4v) is 3.79. The minimum absolute atomic E-state index is 0.143.